The van der Waals surface area contributed by atoms with Crippen LogP contribution >= 0.6 is 11.8 Å². The predicted octanol–water partition coefficient (Wildman–Crippen LogP) is 14.4. The second-order valence-corrected chi connectivity index (χ2v) is 18.4. The first-order valence-electron chi connectivity index (χ1n) is 20.5. The van der Waals surface area contributed by atoms with Crippen molar-refractivity contribution in [1.29, 1.82) is 0 Å². The molecule has 0 saturated carbocycles. The van der Waals surface area contributed by atoms with Crippen LogP contribution in [-0.4, -0.2) is 9.97 Å². The molecule has 0 N–H and O–H groups in total. The molecule has 0 aliphatic carbocycles. The van der Waals surface area contributed by atoms with Crippen LogP contribution in [-0.2, 0) is 37.3 Å². The minimum Gasteiger partial charge on any atom is -0.503 e. The molecule has 0 amide bonds. The van der Waals surface area contributed by atoms with Crippen LogP contribution in [0.2, 0.25) is 0 Å². The zero-order valence-corrected chi connectivity index (χ0v) is 38.3. The van der Waals surface area contributed by atoms with Crippen LogP contribution in [0.4, 0.5) is 17.1 Å². The van der Waals surface area contributed by atoms with Crippen LogP contribution in [0.25, 0.3) is 11.3 Å². The summed E-state index contributed by atoms with van der Waals surface area (Å²) >= 11 is 1.80. The summed E-state index contributed by atoms with van der Waals surface area (Å²) in [4.78, 5) is 14.5. The third kappa shape index (κ3) is 8.22. The van der Waals surface area contributed by atoms with Crippen molar-refractivity contribution in [2.45, 2.75) is 67.6 Å². The Balaban J connectivity index is 0.00000514. The number of fused-ring (bicyclic) bond motifs is 2. The van der Waals surface area contributed by atoms with E-state index in [1.165, 1.54) is 32.0 Å². The van der Waals surface area contributed by atoms with Crippen LogP contribution < -0.4 is 9.64 Å². The van der Waals surface area contributed by atoms with E-state index in [1.807, 2.05) is 48.8 Å². The molecule has 6 heteroatoms. The SMILES string of the molecule is CC(C)(C)c1ccc(N(c2ccc(C(C)(C)C)cc2)c2ccnc(-c3[c-]c(Oc4[c-]c(C5(c6ccccn6)c6ccccc6Sc6ccccc65)ccc4)ccc3)c2)cc1.[Pt+2]. The van der Waals surface area contributed by atoms with Gasteiger partial charge in [0.1, 0.15) is 0 Å². The first-order valence-corrected chi connectivity index (χ1v) is 21.3. The third-order valence-electron chi connectivity index (χ3n) is 11.3. The van der Waals surface area contributed by atoms with Gasteiger partial charge in [0.2, 0.25) is 0 Å². The monoisotopic (exact) mass is 992 g/mol. The zero-order valence-electron chi connectivity index (χ0n) is 35.2. The normalized spacial score (nSPS) is 13.0. The van der Waals surface area contributed by atoms with E-state index in [-0.39, 0.29) is 31.9 Å². The first kappa shape index (κ1) is 42.0. The number of pyridine rings is 2. The van der Waals surface area contributed by atoms with Crippen molar-refractivity contribution in [3.05, 3.63) is 222 Å². The Morgan fingerprint density at radius 1 is 0.525 bits per heavy atom. The molecule has 6 aromatic carbocycles. The van der Waals surface area contributed by atoms with Gasteiger partial charge in [0.25, 0.3) is 0 Å². The van der Waals surface area contributed by atoms with E-state index in [0.717, 1.165) is 39.6 Å². The Hall–Kier alpha value is -5.74. The van der Waals surface area contributed by atoms with Gasteiger partial charge in [-0.3, -0.25) is 4.98 Å². The number of aromatic nitrogens is 2. The van der Waals surface area contributed by atoms with Gasteiger partial charge in [0.15, 0.2) is 0 Å². The van der Waals surface area contributed by atoms with Crippen LogP contribution in [0.15, 0.2) is 186 Å². The fraction of sp³-hybridized carbons (Fsp3) is 0.164. The minimum absolute atomic E-state index is 0. The summed E-state index contributed by atoms with van der Waals surface area (Å²) in [5.41, 5.74) is 11.0. The smallest absolute Gasteiger partial charge is 0.503 e. The molecule has 0 bridgehead atoms. The third-order valence-corrected chi connectivity index (χ3v) is 12.4. The summed E-state index contributed by atoms with van der Waals surface area (Å²) < 4.78 is 6.65. The van der Waals surface area contributed by atoms with Crippen LogP contribution in [0.3, 0.4) is 0 Å². The molecule has 304 valence electrons. The van der Waals surface area contributed by atoms with E-state index in [1.54, 1.807) is 11.8 Å². The summed E-state index contributed by atoms with van der Waals surface area (Å²) in [6.07, 6.45) is 3.75. The molecule has 0 spiro atoms. The fourth-order valence-corrected chi connectivity index (χ4v) is 9.35. The molecule has 61 heavy (non-hydrogen) atoms. The molecule has 0 saturated heterocycles. The summed E-state index contributed by atoms with van der Waals surface area (Å²) in [7, 11) is 0. The van der Waals surface area contributed by atoms with Gasteiger partial charge < -0.3 is 14.6 Å². The molecule has 0 atom stereocenters. The van der Waals surface area contributed by atoms with E-state index in [2.05, 4.69) is 186 Å². The molecule has 3 heterocycles. The Morgan fingerprint density at radius 2 is 1.08 bits per heavy atom. The van der Waals surface area contributed by atoms with Gasteiger partial charge in [-0.2, -0.15) is 12.1 Å². The quantitative estimate of drug-likeness (QED) is 0.142. The summed E-state index contributed by atoms with van der Waals surface area (Å²) in [5.74, 6) is 1.17. The minimum atomic E-state index is -0.707. The molecule has 0 unspecified atom stereocenters. The molecule has 0 fully saturated rings. The van der Waals surface area contributed by atoms with Gasteiger partial charge in [-0.25, -0.2) is 0 Å². The maximum atomic E-state index is 6.65. The van der Waals surface area contributed by atoms with Gasteiger partial charge in [-0.05, 0) is 93.4 Å². The van der Waals surface area contributed by atoms with E-state index < -0.39 is 5.41 Å². The molecule has 4 nitrogen and oxygen atoms in total. The van der Waals surface area contributed by atoms with Gasteiger partial charge in [-0.15, -0.1) is 41.5 Å². The van der Waals surface area contributed by atoms with Gasteiger partial charge >= 0.3 is 21.1 Å². The Labute approximate surface area is 379 Å². The van der Waals surface area contributed by atoms with Crippen LogP contribution in [0, 0.1) is 12.1 Å². The van der Waals surface area contributed by atoms with Gasteiger partial charge in [-0.1, -0.05) is 132 Å². The molecule has 1 aliphatic heterocycles. The van der Waals surface area contributed by atoms with Crippen LogP contribution in [0.5, 0.6) is 11.5 Å². The van der Waals surface area contributed by atoms with Crippen molar-refractivity contribution >= 4 is 28.8 Å². The summed E-state index contributed by atoms with van der Waals surface area (Å²) in [5, 5.41) is 0. The van der Waals surface area contributed by atoms with Gasteiger partial charge in [0.05, 0.1) is 11.1 Å². The number of nitrogens with zero attached hydrogens (tertiary/aromatic N) is 3. The Kier molecular flexibility index (Phi) is 11.7. The predicted molar refractivity (Wildman–Crippen MR) is 246 cm³/mol. The molecule has 8 aromatic rings. The van der Waals surface area contributed by atoms with Crippen molar-refractivity contribution < 1.29 is 25.8 Å². The second kappa shape index (κ2) is 17.0. The average Bonchev–Trinajstić information content (AvgIpc) is 3.26. The summed E-state index contributed by atoms with van der Waals surface area (Å²) in [6, 6.07) is 64.7. The topological polar surface area (TPSA) is 38.2 Å². The Morgan fingerprint density at radius 3 is 1.66 bits per heavy atom. The van der Waals surface area contributed by atoms with Crippen molar-refractivity contribution in [3.8, 4) is 22.8 Å². The number of ether oxygens (including phenoxy) is 1. The Bertz CT molecular complexity index is 2690. The molecule has 0 radical (unpaired) electrons. The molecule has 1 aliphatic rings. The van der Waals surface area contributed by atoms with Crippen molar-refractivity contribution in [2.24, 2.45) is 0 Å². The van der Waals surface area contributed by atoms with Crippen molar-refractivity contribution in [1.82, 2.24) is 9.97 Å². The van der Waals surface area contributed by atoms with Crippen molar-refractivity contribution in [2.75, 3.05) is 4.90 Å². The van der Waals surface area contributed by atoms with E-state index in [4.69, 9.17) is 14.7 Å². The van der Waals surface area contributed by atoms with E-state index >= 15 is 0 Å². The van der Waals surface area contributed by atoms with E-state index in [9.17, 15) is 0 Å². The maximum absolute atomic E-state index is 6.65. The number of benzene rings is 6. The van der Waals surface area contributed by atoms with E-state index in [0.29, 0.717) is 11.5 Å². The van der Waals surface area contributed by atoms with Gasteiger partial charge in [0, 0.05) is 50.7 Å². The number of hydrogen-bond acceptors (Lipinski definition) is 5. The standard InChI is InChI=1S/C55H47N3OS.Pt/c1-53(2,3)39-24-28-42(29-25-39)58(43-30-26-40(27-31-43)54(4,5)6)44-32-34-56-49(37-44)38-15-13-17-45(35-38)59-46-18-14-16-41(36-46)55(52-23-11-12-33-57-52)47-19-7-9-21-50(47)60-51-22-10-8-20-48(51)55;/h7-34,37H,1-6H3;/q-2;+2. The van der Waals surface area contributed by atoms with Crippen LogP contribution in [0.1, 0.15) is 75.1 Å². The average molecular weight is 993 g/mol. The number of rotatable bonds is 8. The molecule has 2 aromatic heterocycles. The fourth-order valence-electron chi connectivity index (χ4n) is 8.16. The number of anilines is 3. The maximum Gasteiger partial charge on any atom is 2.00 e. The second-order valence-electron chi connectivity index (χ2n) is 17.3. The zero-order chi connectivity index (χ0) is 41.5. The summed E-state index contributed by atoms with van der Waals surface area (Å²) in [6.45, 7) is 13.5. The first-order chi connectivity index (χ1) is 29.0. The van der Waals surface area contributed by atoms with Crippen molar-refractivity contribution in [3.63, 3.8) is 0 Å². The largest absolute Gasteiger partial charge is 2.00 e. The molecular weight excluding hydrogens is 946 g/mol. The molecular formula is C55H47N3OPtS. The molecule has 9 rings (SSSR count). The number of hydrogen-bond donors (Lipinski definition) is 0.